The molecule has 0 aliphatic heterocycles. The van der Waals surface area contributed by atoms with Gasteiger partial charge in [-0.1, -0.05) is 62.4 Å². The highest BCUT2D eigenvalue weighted by Gasteiger charge is 2.06. The van der Waals surface area contributed by atoms with E-state index in [0.29, 0.717) is 5.92 Å². The highest BCUT2D eigenvalue weighted by molar-refractivity contribution is 7.25. The summed E-state index contributed by atoms with van der Waals surface area (Å²) in [4.78, 5) is 0. The van der Waals surface area contributed by atoms with Crippen LogP contribution in [0.2, 0.25) is 0 Å². The maximum atomic E-state index is 2.34. The Kier molecular flexibility index (Phi) is 3.66. The normalized spacial score (nSPS) is 11.6. The van der Waals surface area contributed by atoms with E-state index in [0.717, 1.165) is 6.42 Å². The third-order valence-corrected chi connectivity index (χ3v) is 5.46. The summed E-state index contributed by atoms with van der Waals surface area (Å²) in [5.41, 5.74) is 4.03. The first-order chi connectivity index (χ1) is 11.2. The van der Waals surface area contributed by atoms with Crippen LogP contribution in [0.5, 0.6) is 0 Å². The molecule has 0 N–H and O–H groups in total. The molecule has 0 fully saturated rings. The van der Waals surface area contributed by atoms with E-state index in [1.54, 1.807) is 0 Å². The van der Waals surface area contributed by atoms with Gasteiger partial charge >= 0.3 is 0 Å². The molecular weight excluding hydrogens is 296 g/mol. The molecule has 1 heteroatoms. The summed E-state index contributed by atoms with van der Waals surface area (Å²) in [5, 5.41) is 2.74. The van der Waals surface area contributed by atoms with E-state index in [1.807, 2.05) is 11.3 Å². The third-order valence-electron chi connectivity index (χ3n) is 4.31. The van der Waals surface area contributed by atoms with Crippen molar-refractivity contribution < 1.29 is 0 Å². The zero-order valence-corrected chi connectivity index (χ0v) is 14.4. The summed E-state index contributed by atoms with van der Waals surface area (Å²) in [5.74, 6) is 0.703. The number of fused-ring (bicyclic) bond motifs is 3. The summed E-state index contributed by atoms with van der Waals surface area (Å²) >= 11 is 1.87. The second-order valence-electron chi connectivity index (χ2n) is 6.60. The van der Waals surface area contributed by atoms with Crippen LogP contribution in [-0.4, -0.2) is 0 Å². The predicted molar refractivity (Wildman–Crippen MR) is 103 cm³/mol. The Morgan fingerprint density at radius 1 is 0.739 bits per heavy atom. The van der Waals surface area contributed by atoms with Gasteiger partial charge in [-0.25, -0.2) is 0 Å². The van der Waals surface area contributed by atoms with Crippen molar-refractivity contribution in [3.8, 4) is 11.1 Å². The molecule has 1 aromatic heterocycles. The molecule has 0 spiro atoms. The van der Waals surface area contributed by atoms with E-state index < -0.39 is 0 Å². The van der Waals surface area contributed by atoms with Crippen LogP contribution < -0.4 is 0 Å². The Morgan fingerprint density at radius 2 is 1.43 bits per heavy atom. The lowest BCUT2D eigenvalue weighted by molar-refractivity contribution is 0.647. The summed E-state index contributed by atoms with van der Waals surface area (Å²) in [7, 11) is 0. The van der Waals surface area contributed by atoms with Gasteiger partial charge in [0.25, 0.3) is 0 Å². The number of hydrogen-bond donors (Lipinski definition) is 0. The van der Waals surface area contributed by atoms with Gasteiger partial charge in [0.15, 0.2) is 0 Å². The minimum absolute atomic E-state index is 0.703. The molecule has 0 radical (unpaired) electrons. The molecule has 0 saturated carbocycles. The Hall–Kier alpha value is -2.12. The molecule has 23 heavy (non-hydrogen) atoms. The second kappa shape index (κ2) is 5.82. The van der Waals surface area contributed by atoms with Gasteiger partial charge < -0.3 is 0 Å². The van der Waals surface area contributed by atoms with Crippen molar-refractivity contribution in [1.29, 1.82) is 0 Å². The van der Waals surface area contributed by atoms with Gasteiger partial charge in [0, 0.05) is 20.2 Å². The van der Waals surface area contributed by atoms with Crippen molar-refractivity contribution in [2.45, 2.75) is 20.3 Å². The molecule has 3 aromatic carbocycles. The quantitative estimate of drug-likeness (QED) is 0.385. The van der Waals surface area contributed by atoms with Crippen LogP contribution in [-0.2, 0) is 6.42 Å². The molecule has 114 valence electrons. The topological polar surface area (TPSA) is 0 Å². The van der Waals surface area contributed by atoms with Crippen molar-refractivity contribution in [2.75, 3.05) is 0 Å². The molecule has 1 heterocycles. The lowest BCUT2D eigenvalue weighted by Gasteiger charge is -2.07. The lowest BCUT2D eigenvalue weighted by atomic mass is 9.98. The molecule has 0 atom stereocenters. The summed E-state index contributed by atoms with van der Waals surface area (Å²) in [6.07, 6.45) is 1.15. The summed E-state index contributed by atoms with van der Waals surface area (Å²) in [6.45, 7) is 4.53. The van der Waals surface area contributed by atoms with Gasteiger partial charge in [-0.05, 0) is 47.2 Å². The van der Waals surface area contributed by atoms with Crippen LogP contribution >= 0.6 is 11.3 Å². The average Bonchev–Trinajstić information content (AvgIpc) is 2.93. The molecular formula is C22H20S. The number of hydrogen-bond acceptors (Lipinski definition) is 1. The maximum absolute atomic E-state index is 2.34. The van der Waals surface area contributed by atoms with E-state index >= 15 is 0 Å². The van der Waals surface area contributed by atoms with E-state index in [9.17, 15) is 0 Å². The average molecular weight is 316 g/mol. The third kappa shape index (κ3) is 2.77. The molecule has 0 unspecified atom stereocenters. The van der Waals surface area contributed by atoms with Gasteiger partial charge in [-0.2, -0.15) is 0 Å². The largest absolute Gasteiger partial charge is 0.135 e. The molecule has 0 amide bonds. The minimum Gasteiger partial charge on any atom is -0.135 e. The molecule has 0 aliphatic rings. The lowest BCUT2D eigenvalue weighted by Crippen LogP contribution is -1.93. The Balaban J connectivity index is 1.77. The first-order valence-corrected chi connectivity index (χ1v) is 9.03. The van der Waals surface area contributed by atoms with Gasteiger partial charge in [-0.3, -0.25) is 0 Å². The smallest absolute Gasteiger partial charge is 0.0355 e. The van der Waals surface area contributed by atoms with Crippen LogP contribution in [0.15, 0.2) is 66.7 Å². The SMILES string of the molecule is CC(C)Cc1ccc(-c2ccc3sc4ccccc4c3c2)cc1. The van der Waals surface area contributed by atoms with Crippen molar-refractivity contribution in [2.24, 2.45) is 5.92 Å². The molecule has 0 aliphatic carbocycles. The zero-order chi connectivity index (χ0) is 15.8. The number of rotatable bonds is 3. The van der Waals surface area contributed by atoms with Gasteiger partial charge in [0.05, 0.1) is 0 Å². The van der Waals surface area contributed by atoms with Gasteiger partial charge in [0.2, 0.25) is 0 Å². The fourth-order valence-corrected chi connectivity index (χ4v) is 4.30. The molecule has 4 aromatic rings. The standard InChI is InChI=1S/C22H20S/c1-15(2)13-16-7-9-17(10-8-16)18-11-12-22-20(14-18)19-5-3-4-6-21(19)23-22/h3-12,14-15H,13H2,1-2H3. The fourth-order valence-electron chi connectivity index (χ4n) is 3.21. The van der Waals surface area contributed by atoms with Crippen LogP contribution in [0.4, 0.5) is 0 Å². The van der Waals surface area contributed by atoms with E-state index in [4.69, 9.17) is 0 Å². The minimum atomic E-state index is 0.703. The maximum Gasteiger partial charge on any atom is 0.0355 e. The number of benzene rings is 3. The monoisotopic (exact) mass is 316 g/mol. The van der Waals surface area contributed by atoms with Crippen LogP contribution in [0.3, 0.4) is 0 Å². The van der Waals surface area contributed by atoms with E-state index in [-0.39, 0.29) is 0 Å². The zero-order valence-electron chi connectivity index (χ0n) is 13.5. The second-order valence-corrected chi connectivity index (χ2v) is 7.69. The Bertz CT molecular complexity index is 958. The Morgan fingerprint density at radius 3 is 2.22 bits per heavy atom. The predicted octanol–water partition coefficient (Wildman–Crippen LogP) is 6.92. The summed E-state index contributed by atoms with van der Waals surface area (Å²) < 4.78 is 2.73. The molecule has 0 saturated heterocycles. The highest BCUT2D eigenvalue weighted by atomic mass is 32.1. The molecule has 0 bridgehead atoms. The number of thiophene rings is 1. The first-order valence-electron chi connectivity index (χ1n) is 8.21. The van der Waals surface area contributed by atoms with Crippen LogP contribution in [0.25, 0.3) is 31.3 Å². The van der Waals surface area contributed by atoms with Crippen molar-refractivity contribution in [1.82, 2.24) is 0 Å². The van der Waals surface area contributed by atoms with E-state index in [2.05, 4.69) is 80.6 Å². The van der Waals surface area contributed by atoms with Crippen LogP contribution in [0, 0.1) is 5.92 Å². The fraction of sp³-hybridized carbons (Fsp3) is 0.182. The van der Waals surface area contributed by atoms with Crippen molar-refractivity contribution in [3.63, 3.8) is 0 Å². The molecule has 0 nitrogen and oxygen atoms in total. The molecule has 4 rings (SSSR count). The van der Waals surface area contributed by atoms with Crippen LogP contribution in [0.1, 0.15) is 19.4 Å². The van der Waals surface area contributed by atoms with Crippen molar-refractivity contribution in [3.05, 3.63) is 72.3 Å². The van der Waals surface area contributed by atoms with Gasteiger partial charge in [-0.15, -0.1) is 11.3 Å². The Labute approximate surface area is 141 Å². The van der Waals surface area contributed by atoms with Crippen molar-refractivity contribution >= 4 is 31.5 Å². The highest BCUT2D eigenvalue weighted by Crippen LogP contribution is 2.36. The summed E-state index contributed by atoms with van der Waals surface area (Å²) in [6, 6.07) is 24.6. The first kappa shape index (κ1) is 14.5. The van der Waals surface area contributed by atoms with E-state index in [1.165, 1.54) is 36.9 Å². The van der Waals surface area contributed by atoms with Gasteiger partial charge in [0.1, 0.15) is 0 Å².